The van der Waals surface area contributed by atoms with Gasteiger partial charge in [0.15, 0.2) is 0 Å². The molecule has 1 aromatic rings. The van der Waals surface area contributed by atoms with Gasteiger partial charge >= 0.3 is 0 Å². The van der Waals surface area contributed by atoms with Gasteiger partial charge in [0.1, 0.15) is 0 Å². The van der Waals surface area contributed by atoms with E-state index in [2.05, 4.69) is 23.8 Å². The minimum atomic E-state index is -0.0809. The molecule has 90 valence electrons. The van der Waals surface area contributed by atoms with Gasteiger partial charge in [0.2, 0.25) is 0 Å². The normalized spacial score (nSPS) is 27.9. The molecule has 0 bridgehead atoms. The number of aliphatic hydroxyl groups excluding tert-OH is 1. The Morgan fingerprint density at radius 1 is 1.50 bits per heavy atom. The summed E-state index contributed by atoms with van der Waals surface area (Å²) in [5.41, 5.74) is 1.38. The Morgan fingerprint density at radius 2 is 2.38 bits per heavy atom. The highest BCUT2D eigenvalue weighted by Gasteiger charge is 2.24. The Balaban J connectivity index is 1.76. The van der Waals surface area contributed by atoms with Crippen LogP contribution in [0.2, 0.25) is 0 Å². The van der Waals surface area contributed by atoms with Crippen LogP contribution in [0.15, 0.2) is 16.8 Å². The molecule has 0 amide bonds. The van der Waals surface area contributed by atoms with E-state index in [-0.39, 0.29) is 6.10 Å². The number of aliphatic hydroxyl groups is 1. The van der Waals surface area contributed by atoms with Crippen LogP contribution in [0, 0.1) is 11.8 Å². The molecule has 0 spiro atoms. The van der Waals surface area contributed by atoms with Crippen molar-refractivity contribution in [3.05, 3.63) is 22.4 Å². The largest absolute Gasteiger partial charge is 0.393 e. The summed E-state index contributed by atoms with van der Waals surface area (Å²) < 4.78 is 0. The lowest BCUT2D eigenvalue weighted by Gasteiger charge is -2.30. The quantitative estimate of drug-likeness (QED) is 0.844. The average molecular weight is 238 g/mol. The van der Waals surface area contributed by atoms with Crippen LogP contribution in [-0.2, 0) is 6.42 Å². The number of aryl methyl sites for hydroxylation is 1. The van der Waals surface area contributed by atoms with E-state index < -0.39 is 0 Å². The Hall–Kier alpha value is -0.340. The van der Waals surface area contributed by atoms with E-state index in [1.165, 1.54) is 31.2 Å². The first-order valence-corrected chi connectivity index (χ1v) is 7.39. The number of thiophene rings is 1. The highest BCUT2D eigenvalue weighted by atomic mass is 32.1. The summed E-state index contributed by atoms with van der Waals surface area (Å²) in [5, 5.41) is 14.5. The molecule has 0 aromatic carbocycles. The average Bonchev–Trinajstić information content (AvgIpc) is 2.78. The topological polar surface area (TPSA) is 20.2 Å². The van der Waals surface area contributed by atoms with Gasteiger partial charge in [-0.25, -0.2) is 0 Å². The van der Waals surface area contributed by atoms with E-state index in [1.807, 2.05) is 0 Å². The second-order valence-corrected chi connectivity index (χ2v) is 6.05. The fourth-order valence-electron chi connectivity index (χ4n) is 2.82. The molecule has 1 aliphatic rings. The summed E-state index contributed by atoms with van der Waals surface area (Å²) in [6, 6.07) is 2.17. The van der Waals surface area contributed by atoms with Gasteiger partial charge in [0, 0.05) is 0 Å². The van der Waals surface area contributed by atoms with Crippen LogP contribution in [0.25, 0.3) is 0 Å². The summed E-state index contributed by atoms with van der Waals surface area (Å²) in [6.07, 6.45) is 7.02. The van der Waals surface area contributed by atoms with E-state index in [1.54, 1.807) is 11.3 Å². The zero-order valence-electron chi connectivity index (χ0n) is 10.1. The molecule has 2 rings (SSSR count). The predicted octanol–water partition coefficient (Wildman–Crippen LogP) is 3.87. The number of rotatable bonds is 4. The first-order chi connectivity index (χ1) is 7.75. The van der Waals surface area contributed by atoms with E-state index in [9.17, 15) is 5.11 Å². The summed E-state index contributed by atoms with van der Waals surface area (Å²) >= 11 is 1.75. The summed E-state index contributed by atoms with van der Waals surface area (Å²) in [7, 11) is 0. The molecule has 1 nitrogen and oxygen atoms in total. The summed E-state index contributed by atoms with van der Waals surface area (Å²) in [5.74, 6) is 1.37. The molecule has 1 N–H and O–H groups in total. The SMILES string of the molecule is CC1CCCC(C(O)CCc2ccsc2)C1. The first-order valence-electron chi connectivity index (χ1n) is 6.45. The van der Waals surface area contributed by atoms with Crippen molar-refractivity contribution >= 4 is 11.3 Å². The highest BCUT2D eigenvalue weighted by molar-refractivity contribution is 7.07. The summed E-state index contributed by atoms with van der Waals surface area (Å²) in [4.78, 5) is 0. The van der Waals surface area contributed by atoms with Crippen molar-refractivity contribution in [2.45, 2.75) is 51.6 Å². The van der Waals surface area contributed by atoms with Crippen LogP contribution in [0.3, 0.4) is 0 Å². The Bertz CT molecular complexity index is 294. The molecule has 2 heteroatoms. The van der Waals surface area contributed by atoms with Gasteiger partial charge in [-0.3, -0.25) is 0 Å². The first kappa shape index (κ1) is 12.1. The Morgan fingerprint density at radius 3 is 3.06 bits per heavy atom. The molecular weight excluding hydrogens is 216 g/mol. The molecule has 1 aromatic heterocycles. The molecular formula is C14H22OS. The van der Waals surface area contributed by atoms with Crippen molar-refractivity contribution in [2.24, 2.45) is 11.8 Å². The molecule has 0 radical (unpaired) electrons. The van der Waals surface area contributed by atoms with Crippen LogP contribution in [0.5, 0.6) is 0 Å². The van der Waals surface area contributed by atoms with Crippen molar-refractivity contribution in [3.8, 4) is 0 Å². The molecule has 0 aliphatic heterocycles. The third-order valence-electron chi connectivity index (χ3n) is 3.83. The predicted molar refractivity (Wildman–Crippen MR) is 69.8 cm³/mol. The standard InChI is InChI=1S/C14H22OS/c1-11-3-2-4-13(9-11)14(15)6-5-12-7-8-16-10-12/h7-8,10-11,13-15H,2-6,9H2,1H3. The molecule has 0 saturated heterocycles. The molecule has 1 aliphatic carbocycles. The summed E-state index contributed by atoms with van der Waals surface area (Å²) in [6.45, 7) is 2.32. The van der Waals surface area contributed by atoms with Gasteiger partial charge in [0.25, 0.3) is 0 Å². The third kappa shape index (κ3) is 3.33. The van der Waals surface area contributed by atoms with Crippen molar-refractivity contribution in [2.75, 3.05) is 0 Å². The molecule has 1 heterocycles. The third-order valence-corrected chi connectivity index (χ3v) is 4.56. The smallest absolute Gasteiger partial charge is 0.0571 e. The minimum absolute atomic E-state index is 0.0809. The number of hydrogen-bond donors (Lipinski definition) is 1. The van der Waals surface area contributed by atoms with Crippen LogP contribution in [-0.4, -0.2) is 11.2 Å². The van der Waals surface area contributed by atoms with Crippen molar-refractivity contribution in [3.63, 3.8) is 0 Å². The Kier molecular flexibility index (Phi) is 4.42. The molecule has 1 saturated carbocycles. The van der Waals surface area contributed by atoms with Crippen LogP contribution in [0.4, 0.5) is 0 Å². The van der Waals surface area contributed by atoms with E-state index >= 15 is 0 Å². The molecule has 3 atom stereocenters. The lowest BCUT2D eigenvalue weighted by atomic mass is 9.78. The van der Waals surface area contributed by atoms with Crippen molar-refractivity contribution in [1.29, 1.82) is 0 Å². The molecule has 16 heavy (non-hydrogen) atoms. The zero-order valence-corrected chi connectivity index (χ0v) is 10.9. The van der Waals surface area contributed by atoms with Crippen LogP contribution in [0.1, 0.15) is 44.6 Å². The second kappa shape index (κ2) is 5.83. The Labute approximate surface area is 103 Å². The van der Waals surface area contributed by atoms with Crippen LogP contribution >= 0.6 is 11.3 Å². The monoisotopic (exact) mass is 238 g/mol. The lowest BCUT2D eigenvalue weighted by molar-refractivity contribution is 0.0651. The second-order valence-electron chi connectivity index (χ2n) is 5.27. The van der Waals surface area contributed by atoms with Gasteiger partial charge in [-0.05, 0) is 59.9 Å². The van der Waals surface area contributed by atoms with Crippen molar-refractivity contribution < 1.29 is 5.11 Å². The fourth-order valence-corrected chi connectivity index (χ4v) is 3.52. The molecule has 3 unspecified atom stereocenters. The zero-order chi connectivity index (χ0) is 11.4. The maximum Gasteiger partial charge on any atom is 0.0571 e. The van der Waals surface area contributed by atoms with Gasteiger partial charge in [0.05, 0.1) is 6.10 Å². The van der Waals surface area contributed by atoms with E-state index in [0.717, 1.165) is 18.8 Å². The van der Waals surface area contributed by atoms with Crippen molar-refractivity contribution in [1.82, 2.24) is 0 Å². The lowest BCUT2D eigenvalue weighted by Crippen LogP contribution is -2.26. The van der Waals surface area contributed by atoms with Crippen LogP contribution < -0.4 is 0 Å². The maximum atomic E-state index is 10.2. The van der Waals surface area contributed by atoms with Gasteiger partial charge < -0.3 is 5.11 Å². The van der Waals surface area contributed by atoms with E-state index in [0.29, 0.717) is 5.92 Å². The molecule has 1 fully saturated rings. The highest BCUT2D eigenvalue weighted by Crippen LogP contribution is 2.32. The minimum Gasteiger partial charge on any atom is -0.393 e. The number of hydrogen-bond acceptors (Lipinski definition) is 2. The maximum absolute atomic E-state index is 10.2. The van der Waals surface area contributed by atoms with E-state index in [4.69, 9.17) is 0 Å². The van der Waals surface area contributed by atoms with Gasteiger partial charge in [-0.2, -0.15) is 11.3 Å². The van der Waals surface area contributed by atoms with Gasteiger partial charge in [-0.1, -0.05) is 19.8 Å². The fraction of sp³-hybridized carbons (Fsp3) is 0.714. The van der Waals surface area contributed by atoms with Gasteiger partial charge in [-0.15, -0.1) is 0 Å².